The van der Waals surface area contributed by atoms with E-state index in [0.29, 0.717) is 5.82 Å². The summed E-state index contributed by atoms with van der Waals surface area (Å²) < 4.78 is 9.30. The van der Waals surface area contributed by atoms with Gasteiger partial charge in [-0.05, 0) is 24.6 Å². The highest BCUT2D eigenvalue weighted by Gasteiger charge is 2.13. The molecule has 6 nitrogen and oxygen atoms in total. The highest BCUT2D eigenvalue weighted by molar-refractivity contribution is 7.11. The Bertz CT molecular complexity index is 546. The minimum Gasteiger partial charge on any atom is -0.383 e. The molecule has 0 aliphatic carbocycles. The highest BCUT2D eigenvalue weighted by atomic mass is 32.1. The zero-order valence-electron chi connectivity index (χ0n) is 12.4. The van der Waals surface area contributed by atoms with Gasteiger partial charge in [-0.3, -0.25) is 4.98 Å². The summed E-state index contributed by atoms with van der Waals surface area (Å²) in [5.74, 6) is 0.545. The molecule has 0 spiro atoms. The van der Waals surface area contributed by atoms with Crippen LogP contribution in [-0.4, -0.2) is 54.7 Å². The van der Waals surface area contributed by atoms with Crippen LogP contribution < -0.4 is 11.1 Å². The highest BCUT2D eigenvalue weighted by Crippen LogP contribution is 2.35. The van der Waals surface area contributed by atoms with Gasteiger partial charge in [0.05, 0.1) is 12.2 Å². The molecule has 2 rings (SSSR count). The number of nitrogens with one attached hydrogen (secondary N) is 1. The minimum absolute atomic E-state index is 0.545. The average molecular weight is 307 g/mol. The van der Waals surface area contributed by atoms with E-state index in [1.165, 1.54) is 11.5 Å². The van der Waals surface area contributed by atoms with Crippen molar-refractivity contribution in [3.05, 3.63) is 24.5 Å². The lowest BCUT2D eigenvalue weighted by atomic mass is 10.1. The van der Waals surface area contributed by atoms with Crippen molar-refractivity contribution in [2.24, 2.45) is 0 Å². The Labute approximate surface area is 129 Å². The van der Waals surface area contributed by atoms with Gasteiger partial charge in [-0.1, -0.05) is 6.07 Å². The summed E-state index contributed by atoms with van der Waals surface area (Å²) in [4.78, 5) is 6.35. The zero-order valence-corrected chi connectivity index (χ0v) is 13.2. The number of nitrogen functional groups attached to an aromatic ring is 1. The molecule has 7 heteroatoms. The van der Waals surface area contributed by atoms with Crippen molar-refractivity contribution in [2.45, 2.75) is 0 Å². The summed E-state index contributed by atoms with van der Waals surface area (Å²) in [6.45, 7) is 3.41. The first-order chi connectivity index (χ1) is 10.2. The summed E-state index contributed by atoms with van der Waals surface area (Å²) in [6.07, 6.45) is 3.55. The Balaban J connectivity index is 1.96. The second-order valence-corrected chi connectivity index (χ2v) is 5.51. The molecule has 2 heterocycles. The van der Waals surface area contributed by atoms with E-state index >= 15 is 0 Å². The third-order valence-corrected chi connectivity index (χ3v) is 3.94. The monoisotopic (exact) mass is 307 g/mol. The smallest absolute Gasteiger partial charge is 0.147 e. The first kappa shape index (κ1) is 15.7. The van der Waals surface area contributed by atoms with Crippen molar-refractivity contribution in [2.75, 3.05) is 51.4 Å². The van der Waals surface area contributed by atoms with Gasteiger partial charge in [-0.2, -0.15) is 4.37 Å². The molecular formula is C14H21N5OS. The van der Waals surface area contributed by atoms with E-state index in [-0.39, 0.29) is 0 Å². The third-order valence-electron chi connectivity index (χ3n) is 3.12. The molecule has 114 valence electrons. The summed E-state index contributed by atoms with van der Waals surface area (Å²) in [5.41, 5.74) is 7.90. The molecular weight excluding hydrogens is 286 g/mol. The number of rotatable bonds is 8. The predicted molar refractivity (Wildman–Crippen MR) is 87.6 cm³/mol. The van der Waals surface area contributed by atoms with Gasteiger partial charge in [0.1, 0.15) is 10.8 Å². The average Bonchev–Trinajstić information content (AvgIpc) is 2.87. The van der Waals surface area contributed by atoms with E-state index < -0.39 is 0 Å². The van der Waals surface area contributed by atoms with Crippen LogP contribution in [0.3, 0.4) is 0 Å². The van der Waals surface area contributed by atoms with Crippen molar-refractivity contribution in [1.82, 2.24) is 14.3 Å². The van der Waals surface area contributed by atoms with Crippen molar-refractivity contribution < 1.29 is 4.74 Å². The molecule has 0 saturated carbocycles. The molecule has 0 amide bonds. The van der Waals surface area contributed by atoms with Gasteiger partial charge in [0.25, 0.3) is 0 Å². The molecule has 0 aliphatic rings. The molecule has 0 aliphatic heterocycles. The number of ether oxygens (including phenoxy) is 1. The van der Waals surface area contributed by atoms with Crippen molar-refractivity contribution in [3.63, 3.8) is 0 Å². The zero-order chi connectivity index (χ0) is 15.1. The molecule has 2 aromatic rings. The molecule has 0 radical (unpaired) electrons. The molecule has 0 fully saturated rings. The first-order valence-electron chi connectivity index (χ1n) is 6.79. The summed E-state index contributed by atoms with van der Waals surface area (Å²) in [5, 5.41) is 4.39. The van der Waals surface area contributed by atoms with Gasteiger partial charge in [-0.15, -0.1) is 0 Å². The standard InChI is InChI=1S/C14H21N5OS/c1-19(8-9-20-2)7-6-17-14-12(13(15)18-21-14)11-4-3-5-16-10-11/h3-5,10,17H,6-9H2,1-2H3,(H2,15,18). The summed E-state index contributed by atoms with van der Waals surface area (Å²) in [7, 11) is 3.79. The first-order valence-corrected chi connectivity index (χ1v) is 7.56. The van der Waals surface area contributed by atoms with Crippen LogP contribution >= 0.6 is 11.5 Å². The van der Waals surface area contributed by atoms with E-state index in [4.69, 9.17) is 10.5 Å². The maximum Gasteiger partial charge on any atom is 0.147 e. The maximum atomic E-state index is 5.98. The van der Waals surface area contributed by atoms with Crippen LogP contribution in [0.1, 0.15) is 0 Å². The fraction of sp³-hybridized carbons (Fsp3) is 0.429. The minimum atomic E-state index is 0.545. The fourth-order valence-corrected chi connectivity index (χ4v) is 2.69. The SMILES string of the molecule is COCCN(C)CCNc1snc(N)c1-c1cccnc1. The van der Waals surface area contributed by atoms with Gasteiger partial charge >= 0.3 is 0 Å². The number of nitrogens with zero attached hydrogens (tertiary/aromatic N) is 3. The lowest BCUT2D eigenvalue weighted by molar-refractivity contribution is 0.163. The van der Waals surface area contributed by atoms with E-state index in [0.717, 1.165) is 42.4 Å². The third kappa shape index (κ3) is 4.38. The molecule has 3 N–H and O–H groups in total. The lowest BCUT2D eigenvalue weighted by Gasteiger charge is -2.16. The van der Waals surface area contributed by atoms with E-state index in [1.807, 2.05) is 12.1 Å². The number of hydrogen-bond acceptors (Lipinski definition) is 7. The number of aromatic nitrogens is 2. The normalized spacial score (nSPS) is 11.0. The number of methoxy groups -OCH3 is 1. The molecule has 0 aromatic carbocycles. The van der Waals surface area contributed by atoms with Crippen LogP contribution in [0, 0.1) is 0 Å². The fourth-order valence-electron chi connectivity index (χ4n) is 1.93. The molecule has 2 aromatic heterocycles. The van der Waals surface area contributed by atoms with E-state index in [9.17, 15) is 0 Å². The Morgan fingerprint density at radius 1 is 1.43 bits per heavy atom. The predicted octanol–water partition coefficient (Wildman–Crippen LogP) is 1.78. The Hall–Kier alpha value is -1.70. The Morgan fingerprint density at radius 3 is 3.00 bits per heavy atom. The maximum absolute atomic E-state index is 5.98. The van der Waals surface area contributed by atoms with Crippen LogP contribution in [0.2, 0.25) is 0 Å². The van der Waals surface area contributed by atoms with Crippen LogP contribution in [0.25, 0.3) is 11.1 Å². The quantitative estimate of drug-likeness (QED) is 0.774. The largest absolute Gasteiger partial charge is 0.383 e. The van der Waals surface area contributed by atoms with Crippen molar-refractivity contribution in [1.29, 1.82) is 0 Å². The van der Waals surface area contributed by atoms with E-state index in [1.54, 1.807) is 19.5 Å². The summed E-state index contributed by atoms with van der Waals surface area (Å²) >= 11 is 1.38. The Kier molecular flexibility index (Phi) is 5.91. The molecule has 0 atom stereocenters. The number of likely N-dealkylation sites (N-methyl/N-ethyl adjacent to an activating group) is 1. The van der Waals surface area contributed by atoms with Crippen LogP contribution in [0.5, 0.6) is 0 Å². The Morgan fingerprint density at radius 2 is 2.29 bits per heavy atom. The van der Waals surface area contributed by atoms with Gasteiger partial charge < -0.3 is 20.7 Å². The lowest BCUT2D eigenvalue weighted by Crippen LogP contribution is -2.28. The number of anilines is 2. The topological polar surface area (TPSA) is 76.3 Å². The molecule has 21 heavy (non-hydrogen) atoms. The molecule has 0 bridgehead atoms. The van der Waals surface area contributed by atoms with Gasteiger partial charge in [0.15, 0.2) is 0 Å². The van der Waals surface area contributed by atoms with Crippen LogP contribution in [-0.2, 0) is 4.74 Å². The summed E-state index contributed by atoms with van der Waals surface area (Å²) in [6, 6.07) is 3.89. The van der Waals surface area contributed by atoms with Crippen LogP contribution in [0.4, 0.5) is 10.8 Å². The second-order valence-electron chi connectivity index (χ2n) is 4.74. The molecule has 0 saturated heterocycles. The van der Waals surface area contributed by atoms with Crippen LogP contribution in [0.15, 0.2) is 24.5 Å². The van der Waals surface area contributed by atoms with Gasteiger partial charge in [0, 0.05) is 44.7 Å². The van der Waals surface area contributed by atoms with E-state index in [2.05, 4.69) is 26.6 Å². The van der Waals surface area contributed by atoms with Gasteiger partial charge in [-0.25, -0.2) is 0 Å². The number of nitrogens with two attached hydrogens (primary N) is 1. The number of hydrogen-bond donors (Lipinski definition) is 2. The number of pyridine rings is 1. The van der Waals surface area contributed by atoms with Crippen molar-refractivity contribution in [3.8, 4) is 11.1 Å². The molecule has 0 unspecified atom stereocenters. The second kappa shape index (κ2) is 7.92. The van der Waals surface area contributed by atoms with Gasteiger partial charge in [0.2, 0.25) is 0 Å². The van der Waals surface area contributed by atoms with Crippen molar-refractivity contribution >= 4 is 22.4 Å².